The van der Waals surface area contributed by atoms with E-state index in [0.29, 0.717) is 6.61 Å². The molecule has 0 N–H and O–H groups in total. The van der Waals surface area contributed by atoms with E-state index in [0.717, 1.165) is 37.0 Å². The molecule has 0 aliphatic heterocycles. The van der Waals surface area contributed by atoms with Gasteiger partial charge in [0.1, 0.15) is 0 Å². The maximum atomic E-state index is 12.3. The summed E-state index contributed by atoms with van der Waals surface area (Å²) in [6, 6.07) is 0. The molecule has 2 nitrogen and oxygen atoms in total. The molecular weight excluding hydrogens is 320 g/mol. The van der Waals surface area contributed by atoms with Gasteiger partial charge in [-0.2, -0.15) is 0 Å². The van der Waals surface area contributed by atoms with E-state index in [1.54, 1.807) is 0 Å². The number of carbonyl (C=O) groups excluding carboxylic acids is 1. The molecule has 2 saturated carbocycles. The molecule has 2 rings (SSSR count). The van der Waals surface area contributed by atoms with Crippen LogP contribution in [0.25, 0.3) is 0 Å². The number of hydrogen-bond donors (Lipinski definition) is 0. The molecule has 0 aromatic rings. The fraction of sp³-hybridized carbons (Fsp3) is 0.958. The Morgan fingerprint density at radius 1 is 0.731 bits per heavy atom. The van der Waals surface area contributed by atoms with Crippen LogP contribution in [0.1, 0.15) is 117 Å². The largest absolute Gasteiger partial charge is 0.465 e. The van der Waals surface area contributed by atoms with Gasteiger partial charge in [-0.15, -0.1) is 0 Å². The predicted octanol–water partition coefficient (Wildman–Crippen LogP) is 7.30. The van der Waals surface area contributed by atoms with E-state index in [1.165, 1.54) is 83.5 Å². The molecule has 2 aliphatic carbocycles. The van der Waals surface area contributed by atoms with Gasteiger partial charge in [-0.25, -0.2) is 0 Å². The van der Waals surface area contributed by atoms with E-state index in [1.807, 2.05) is 0 Å². The Morgan fingerprint density at radius 3 is 1.92 bits per heavy atom. The van der Waals surface area contributed by atoms with Gasteiger partial charge in [0.05, 0.1) is 12.5 Å². The zero-order valence-electron chi connectivity index (χ0n) is 17.6. The molecule has 26 heavy (non-hydrogen) atoms. The van der Waals surface area contributed by atoms with Crippen LogP contribution in [0.3, 0.4) is 0 Å². The lowest BCUT2D eigenvalue weighted by molar-refractivity contribution is -0.150. The van der Waals surface area contributed by atoms with Crippen LogP contribution in [0.4, 0.5) is 0 Å². The van der Waals surface area contributed by atoms with Crippen molar-refractivity contribution in [1.29, 1.82) is 0 Å². The Hall–Kier alpha value is -0.530. The van der Waals surface area contributed by atoms with Crippen LogP contribution in [-0.4, -0.2) is 12.6 Å². The molecule has 0 unspecified atom stereocenters. The summed E-state index contributed by atoms with van der Waals surface area (Å²) in [5, 5.41) is 0. The van der Waals surface area contributed by atoms with Gasteiger partial charge >= 0.3 is 5.97 Å². The Labute approximate surface area is 162 Å². The molecule has 0 aromatic carbocycles. The SMILES string of the molecule is CCCCCCCCOC(=O)[C@H]1CC[C@H]([C@H]2CC[C@H](CCC)CC2)CC1. The summed E-state index contributed by atoms with van der Waals surface area (Å²) in [6.07, 6.45) is 20.8. The summed E-state index contributed by atoms with van der Waals surface area (Å²) >= 11 is 0. The zero-order chi connectivity index (χ0) is 18.6. The van der Waals surface area contributed by atoms with Crippen LogP contribution in [0.2, 0.25) is 0 Å². The molecular formula is C24H44O2. The first kappa shape index (κ1) is 21.8. The Kier molecular flexibility index (Phi) is 10.7. The van der Waals surface area contributed by atoms with Crippen molar-refractivity contribution in [1.82, 2.24) is 0 Å². The molecule has 0 atom stereocenters. The summed E-state index contributed by atoms with van der Waals surface area (Å²) in [4.78, 5) is 12.3. The fourth-order valence-corrected chi connectivity index (χ4v) is 5.36. The highest BCUT2D eigenvalue weighted by molar-refractivity contribution is 5.72. The van der Waals surface area contributed by atoms with Crippen LogP contribution in [0.5, 0.6) is 0 Å². The maximum Gasteiger partial charge on any atom is 0.308 e. The molecule has 0 bridgehead atoms. The lowest BCUT2D eigenvalue weighted by Gasteiger charge is -2.37. The summed E-state index contributed by atoms with van der Waals surface area (Å²) in [5.74, 6) is 3.14. The van der Waals surface area contributed by atoms with Gasteiger partial charge in [0.2, 0.25) is 0 Å². The van der Waals surface area contributed by atoms with E-state index >= 15 is 0 Å². The quantitative estimate of drug-likeness (QED) is 0.284. The Morgan fingerprint density at radius 2 is 1.31 bits per heavy atom. The third-order valence-corrected chi connectivity index (χ3v) is 7.10. The van der Waals surface area contributed by atoms with E-state index < -0.39 is 0 Å². The second-order valence-electron chi connectivity index (χ2n) is 9.12. The second kappa shape index (κ2) is 12.8. The topological polar surface area (TPSA) is 26.3 Å². The third kappa shape index (κ3) is 7.61. The highest BCUT2D eigenvalue weighted by Gasteiger charge is 2.33. The minimum atomic E-state index is 0.101. The van der Waals surface area contributed by atoms with Crippen molar-refractivity contribution >= 4 is 5.97 Å². The average Bonchev–Trinajstić information content (AvgIpc) is 2.68. The van der Waals surface area contributed by atoms with Gasteiger partial charge in [0.15, 0.2) is 0 Å². The van der Waals surface area contributed by atoms with Crippen molar-refractivity contribution in [2.75, 3.05) is 6.61 Å². The Balaban J connectivity index is 1.54. The third-order valence-electron chi connectivity index (χ3n) is 7.10. The monoisotopic (exact) mass is 364 g/mol. The molecule has 0 amide bonds. The van der Waals surface area contributed by atoms with E-state index in [9.17, 15) is 4.79 Å². The minimum absolute atomic E-state index is 0.101. The van der Waals surface area contributed by atoms with Crippen molar-refractivity contribution in [3.8, 4) is 0 Å². The molecule has 0 aromatic heterocycles. The van der Waals surface area contributed by atoms with Gasteiger partial charge in [0, 0.05) is 0 Å². The van der Waals surface area contributed by atoms with Crippen molar-refractivity contribution in [2.45, 2.75) is 117 Å². The lowest BCUT2D eigenvalue weighted by atomic mass is 9.69. The highest BCUT2D eigenvalue weighted by Crippen LogP contribution is 2.42. The molecule has 2 heteroatoms. The summed E-state index contributed by atoms with van der Waals surface area (Å²) in [7, 11) is 0. The van der Waals surface area contributed by atoms with Crippen molar-refractivity contribution in [2.24, 2.45) is 23.7 Å². The van der Waals surface area contributed by atoms with Crippen LogP contribution in [0, 0.1) is 23.7 Å². The minimum Gasteiger partial charge on any atom is -0.465 e. The first-order valence-electron chi connectivity index (χ1n) is 11.9. The number of hydrogen-bond acceptors (Lipinski definition) is 2. The Bertz CT molecular complexity index is 362. The van der Waals surface area contributed by atoms with Crippen LogP contribution in [-0.2, 0) is 9.53 Å². The van der Waals surface area contributed by atoms with Crippen molar-refractivity contribution < 1.29 is 9.53 Å². The van der Waals surface area contributed by atoms with Crippen molar-refractivity contribution in [3.63, 3.8) is 0 Å². The molecule has 0 heterocycles. The summed E-state index contributed by atoms with van der Waals surface area (Å²) in [5.41, 5.74) is 0. The maximum absolute atomic E-state index is 12.3. The van der Waals surface area contributed by atoms with E-state index in [2.05, 4.69) is 13.8 Å². The van der Waals surface area contributed by atoms with Crippen LogP contribution < -0.4 is 0 Å². The van der Waals surface area contributed by atoms with Crippen molar-refractivity contribution in [3.05, 3.63) is 0 Å². The number of rotatable bonds is 11. The molecule has 2 aliphatic rings. The number of unbranched alkanes of at least 4 members (excludes halogenated alkanes) is 5. The van der Waals surface area contributed by atoms with Gasteiger partial charge in [0.25, 0.3) is 0 Å². The average molecular weight is 365 g/mol. The normalized spacial score (nSPS) is 29.5. The predicted molar refractivity (Wildman–Crippen MR) is 110 cm³/mol. The fourth-order valence-electron chi connectivity index (χ4n) is 5.36. The molecule has 2 fully saturated rings. The van der Waals surface area contributed by atoms with Crippen LogP contribution in [0.15, 0.2) is 0 Å². The van der Waals surface area contributed by atoms with Gasteiger partial charge in [-0.05, 0) is 62.7 Å². The number of esters is 1. The number of ether oxygens (including phenoxy) is 1. The molecule has 0 saturated heterocycles. The summed E-state index contributed by atoms with van der Waals surface area (Å²) < 4.78 is 5.57. The zero-order valence-corrected chi connectivity index (χ0v) is 17.6. The smallest absolute Gasteiger partial charge is 0.308 e. The first-order valence-corrected chi connectivity index (χ1v) is 11.9. The molecule has 152 valence electrons. The second-order valence-corrected chi connectivity index (χ2v) is 9.12. The molecule has 0 radical (unpaired) electrons. The van der Waals surface area contributed by atoms with E-state index in [4.69, 9.17) is 4.74 Å². The van der Waals surface area contributed by atoms with Gasteiger partial charge in [-0.1, -0.05) is 71.6 Å². The van der Waals surface area contributed by atoms with Gasteiger partial charge < -0.3 is 4.74 Å². The summed E-state index contributed by atoms with van der Waals surface area (Å²) in [6.45, 7) is 5.21. The molecule has 0 spiro atoms. The van der Waals surface area contributed by atoms with Gasteiger partial charge in [-0.3, -0.25) is 4.79 Å². The lowest BCUT2D eigenvalue weighted by Crippen LogP contribution is -2.29. The van der Waals surface area contributed by atoms with E-state index in [-0.39, 0.29) is 11.9 Å². The van der Waals surface area contributed by atoms with Crippen LogP contribution >= 0.6 is 0 Å². The highest BCUT2D eigenvalue weighted by atomic mass is 16.5. The first-order chi connectivity index (χ1) is 12.7. The number of carbonyl (C=O) groups is 1. The standard InChI is InChI=1S/C24H44O2/c1-3-5-6-7-8-9-19-26-24(25)23-17-15-22(16-18-23)21-13-11-20(10-4-2)12-14-21/h20-23H,3-19H2,1-2H3/t20-,21-,22-,23-.